The molecule has 0 unspecified atom stereocenters. The summed E-state index contributed by atoms with van der Waals surface area (Å²) < 4.78 is 31.6. The van der Waals surface area contributed by atoms with Gasteiger partial charge in [-0.25, -0.2) is 8.42 Å². The highest BCUT2D eigenvalue weighted by atomic mass is 32.2. The summed E-state index contributed by atoms with van der Waals surface area (Å²) >= 11 is 0. The van der Waals surface area contributed by atoms with Crippen LogP contribution in [0.4, 0.5) is 0 Å². The van der Waals surface area contributed by atoms with E-state index < -0.39 is 10.0 Å². The summed E-state index contributed by atoms with van der Waals surface area (Å²) in [7, 11) is 0.0569. The normalized spacial score (nSPS) is 16.2. The van der Waals surface area contributed by atoms with Gasteiger partial charge in [0.25, 0.3) is 0 Å². The monoisotopic (exact) mass is 368 g/mol. The predicted octanol–water partition coefficient (Wildman–Crippen LogP) is 1.17. The van der Waals surface area contributed by atoms with E-state index in [-0.39, 0.29) is 0 Å². The molecule has 1 aromatic rings. The van der Waals surface area contributed by atoms with E-state index in [1.54, 1.807) is 30.6 Å². The molecular weight excluding hydrogens is 340 g/mol. The molecule has 2 rings (SSSR count). The molecule has 0 aromatic heterocycles. The maximum absolute atomic E-state index is 12.5. The lowest BCUT2D eigenvalue weighted by Crippen LogP contribution is -2.37. The van der Waals surface area contributed by atoms with E-state index >= 15 is 0 Å². The zero-order chi connectivity index (χ0) is 18.1. The van der Waals surface area contributed by atoms with Crippen molar-refractivity contribution >= 4 is 16.0 Å². The first-order valence-corrected chi connectivity index (χ1v) is 10.0. The van der Waals surface area contributed by atoms with E-state index in [2.05, 4.69) is 15.6 Å². The third kappa shape index (κ3) is 5.69. The fourth-order valence-corrected chi connectivity index (χ4v) is 4.20. The van der Waals surface area contributed by atoms with E-state index in [0.29, 0.717) is 37.1 Å². The van der Waals surface area contributed by atoms with Gasteiger partial charge in [0.1, 0.15) is 0 Å². The van der Waals surface area contributed by atoms with Crippen LogP contribution in [0.5, 0.6) is 0 Å². The molecule has 0 amide bonds. The topological polar surface area (TPSA) is 83.0 Å². The highest BCUT2D eigenvalue weighted by Crippen LogP contribution is 2.20. The average Bonchev–Trinajstić information content (AvgIpc) is 3.17. The molecular formula is C17H28N4O3S. The van der Waals surface area contributed by atoms with E-state index in [1.807, 2.05) is 12.1 Å². The zero-order valence-electron chi connectivity index (χ0n) is 15.0. The zero-order valence-corrected chi connectivity index (χ0v) is 15.8. The Bertz CT molecular complexity index is 653. The van der Waals surface area contributed by atoms with Crippen LogP contribution < -0.4 is 10.6 Å². The van der Waals surface area contributed by atoms with Gasteiger partial charge in [-0.05, 0) is 37.0 Å². The second kappa shape index (κ2) is 9.74. The van der Waals surface area contributed by atoms with Crippen LogP contribution in [0.3, 0.4) is 0 Å². The number of ether oxygens (including phenoxy) is 1. The molecule has 0 spiro atoms. The standard InChI is InChI=1S/C17H28N4O3S/c1-18-17(19-10-5-13-24-2)20-14-15-6-8-16(9-7-15)25(22,23)21-11-3-4-12-21/h6-9H,3-5,10-14H2,1-2H3,(H2,18,19,20). The molecule has 1 aromatic carbocycles. The Morgan fingerprint density at radius 3 is 2.48 bits per heavy atom. The fraction of sp³-hybridized carbons (Fsp3) is 0.588. The molecule has 0 bridgehead atoms. The number of nitrogens with one attached hydrogen (secondary N) is 2. The van der Waals surface area contributed by atoms with Crippen molar-refractivity contribution < 1.29 is 13.2 Å². The number of methoxy groups -OCH3 is 1. The van der Waals surface area contributed by atoms with Crippen LogP contribution >= 0.6 is 0 Å². The summed E-state index contributed by atoms with van der Waals surface area (Å²) in [6.45, 7) is 3.30. The highest BCUT2D eigenvalue weighted by molar-refractivity contribution is 7.89. The van der Waals surface area contributed by atoms with Crippen molar-refractivity contribution in [2.45, 2.75) is 30.7 Å². The number of sulfonamides is 1. The summed E-state index contributed by atoms with van der Waals surface area (Å²) in [6.07, 6.45) is 2.79. The lowest BCUT2D eigenvalue weighted by Gasteiger charge is -2.16. The van der Waals surface area contributed by atoms with E-state index in [4.69, 9.17) is 4.74 Å². The van der Waals surface area contributed by atoms with Crippen LogP contribution in [0.25, 0.3) is 0 Å². The summed E-state index contributed by atoms with van der Waals surface area (Å²) in [4.78, 5) is 4.52. The van der Waals surface area contributed by atoms with Gasteiger partial charge in [0.05, 0.1) is 4.90 Å². The van der Waals surface area contributed by atoms with Gasteiger partial charge in [0.2, 0.25) is 10.0 Å². The molecule has 2 N–H and O–H groups in total. The van der Waals surface area contributed by atoms with Crippen molar-refractivity contribution in [3.8, 4) is 0 Å². The Morgan fingerprint density at radius 1 is 1.20 bits per heavy atom. The number of rotatable bonds is 8. The summed E-state index contributed by atoms with van der Waals surface area (Å²) in [5, 5.41) is 6.42. The summed E-state index contributed by atoms with van der Waals surface area (Å²) in [5.41, 5.74) is 1.00. The van der Waals surface area contributed by atoms with E-state index in [1.165, 1.54) is 0 Å². The first kappa shape index (κ1) is 19.7. The molecule has 0 saturated carbocycles. The largest absolute Gasteiger partial charge is 0.385 e. The molecule has 0 radical (unpaired) electrons. The third-order valence-electron chi connectivity index (χ3n) is 4.13. The van der Waals surface area contributed by atoms with Crippen LogP contribution in [0.15, 0.2) is 34.2 Å². The molecule has 1 fully saturated rings. The van der Waals surface area contributed by atoms with Crippen LogP contribution in [0.1, 0.15) is 24.8 Å². The van der Waals surface area contributed by atoms with Crippen molar-refractivity contribution in [2.24, 2.45) is 4.99 Å². The second-order valence-electron chi connectivity index (χ2n) is 5.95. The maximum atomic E-state index is 12.5. The van der Waals surface area contributed by atoms with Gasteiger partial charge in [-0.1, -0.05) is 12.1 Å². The van der Waals surface area contributed by atoms with Gasteiger partial charge in [-0.2, -0.15) is 4.31 Å². The number of aliphatic imine (C=N–C) groups is 1. The SMILES string of the molecule is CN=C(NCCCOC)NCc1ccc(S(=O)(=O)N2CCCC2)cc1. The Hall–Kier alpha value is -1.64. The average molecular weight is 369 g/mol. The van der Waals surface area contributed by atoms with Crippen molar-refractivity contribution in [3.05, 3.63) is 29.8 Å². The minimum atomic E-state index is -3.34. The lowest BCUT2D eigenvalue weighted by atomic mass is 10.2. The molecule has 0 aliphatic carbocycles. The Kier molecular flexibility index (Phi) is 7.67. The third-order valence-corrected chi connectivity index (χ3v) is 6.04. The van der Waals surface area contributed by atoms with Crippen molar-refractivity contribution in [3.63, 3.8) is 0 Å². The molecule has 1 heterocycles. The van der Waals surface area contributed by atoms with Gasteiger partial charge < -0.3 is 15.4 Å². The molecule has 140 valence electrons. The Morgan fingerprint density at radius 2 is 1.88 bits per heavy atom. The van der Waals surface area contributed by atoms with Gasteiger partial charge in [0.15, 0.2) is 5.96 Å². The smallest absolute Gasteiger partial charge is 0.243 e. The predicted molar refractivity (Wildman–Crippen MR) is 99.1 cm³/mol. The van der Waals surface area contributed by atoms with Crippen LogP contribution in [0.2, 0.25) is 0 Å². The van der Waals surface area contributed by atoms with E-state index in [0.717, 1.165) is 31.4 Å². The van der Waals surface area contributed by atoms with Crippen LogP contribution in [-0.2, 0) is 21.3 Å². The minimum Gasteiger partial charge on any atom is -0.385 e. The minimum absolute atomic E-state index is 0.361. The summed E-state index contributed by atoms with van der Waals surface area (Å²) in [6, 6.07) is 7.04. The van der Waals surface area contributed by atoms with Gasteiger partial charge in [-0.15, -0.1) is 0 Å². The van der Waals surface area contributed by atoms with Gasteiger partial charge in [-0.3, -0.25) is 4.99 Å². The van der Waals surface area contributed by atoms with Crippen molar-refractivity contribution in [1.82, 2.24) is 14.9 Å². The van der Waals surface area contributed by atoms with Crippen molar-refractivity contribution in [1.29, 1.82) is 0 Å². The Labute approximate surface area is 150 Å². The van der Waals surface area contributed by atoms with Crippen LogP contribution in [0, 0.1) is 0 Å². The molecule has 1 aliphatic rings. The number of hydrogen-bond donors (Lipinski definition) is 2. The molecule has 25 heavy (non-hydrogen) atoms. The van der Waals surface area contributed by atoms with Gasteiger partial charge >= 0.3 is 0 Å². The molecule has 7 nitrogen and oxygen atoms in total. The maximum Gasteiger partial charge on any atom is 0.243 e. The Balaban J connectivity index is 1.87. The summed E-state index contributed by atoms with van der Waals surface area (Å²) in [5.74, 6) is 0.713. The molecule has 8 heteroatoms. The second-order valence-corrected chi connectivity index (χ2v) is 7.89. The first-order valence-electron chi connectivity index (χ1n) is 8.60. The van der Waals surface area contributed by atoms with Gasteiger partial charge in [0, 0.05) is 46.9 Å². The van der Waals surface area contributed by atoms with Crippen molar-refractivity contribution in [2.75, 3.05) is 40.4 Å². The molecule has 0 atom stereocenters. The highest BCUT2D eigenvalue weighted by Gasteiger charge is 2.26. The fourth-order valence-electron chi connectivity index (χ4n) is 2.69. The molecule has 1 saturated heterocycles. The first-order chi connectivity index (χ1) is 12.1. The quantitative estimate of drug-likeness (QED) is 0.409. The number of nitrogens with zero attached hydrogens (tertiary/aromatic N) is 2. The van der Waals surface area contributed by atoms with Crippen LogP contribution in [-0.4, -0.2) is 59.1 Å². The van der Waals surface area contributed by atoms with E-state index in [9.17, 15) is 8.42 Å². The number of benzene rings is 1. The number of hydrogen-bond acceptors (Lipinski definition) is 4. The number of guanidine groups is 1. The lowest BCUT2D eigenvalue weighted by molar-refractivity contribution is 0.195. The molecule has 1 aliphatic heterocycles.